The lowest BCUT2D eigenvalue weighted by Crippen LogP contribution is -2.38. The number of benzene rings is 2. The van der Waals surface area contributed by atoms with Crippen molar-refractivity contribution in [3.8, 4) is 0 Å². The molecular formula is C18H25IN4O2S2. The van der Waals surface area contributed by atoms with E-state index in [1.165, 1.54) is 17.0 Å². The van der Waals surface area contributed by atoms with E-state index in [0.717, 1.165) is 30.4 Å². The molecule has 0 spiro atoms. The van der Waals surface area contributed by atoms with Gasteiger partial charge in [-0.05, 0) is 36.8 Å². The summed E-state index contributed by atoms with van der Waals surface area (Å²) in [4.78, 5) is 5.87. The fraction of sp³-hybridized carbons (Fsp3) is 0.278. The molecule has 0 aromatic heterocycles. The van der Waals surface area contributed by atoms with E-state index in [4.69, 9.17) is 5.14 Å². The van der Waals surface area contributed by atoms with Gasteiger partial charge in [0.25, 0.3) is 0 Å². The van der Waals surface area contributed by atoms with Gasteiger partial charge in [-0.1, -0.05) is 30.3 Å². The molecule has 0 saturated carbocycles. The van der Waals surface area contributed by atoms with Crippen molar-refractivity contribution >= 4 is 51.7 Å². The van der Waals surface area contributed by atoms with Crippen LogP contribution in [0.3, 0.4) is 0 Å². The molecule has 2 rings (SSSR count). The van der Waals surface area contributed by atoms with Crippen LogP contribution in [0.5, 0.6) is 0 Å². The second-order valence-corrected chi connectivity index (χ2v) is 8.20. The van der Waals surface area contributed by atoms with Crippen LogP contribution in [0.25, 0.3) is 0 Å². The minimum Gasteiger partial charge on any atom is -0.357 e. The normalized spacial score (nSPS) is 11.6. The summed E-state index contributed by atoms with van der Waals surface area (Å²) >= 11 is 1.78. The quantitative estimate of drug-likeness (QED) is 0.164. The van der Waals surface area contributed by atoms with Gasteiger partial charge < -0.3 is 10.6 Å². The van der Waals surface area contributed by atoms with Gasteiger partial charge in [0.15, 0.2) is 5.96 Å². The highest BCUT2D eigenvalue weighted by molar-refractivity contribution is 14.0. The summed E-state index contributed by atoms with van der Waals surface area (Å²) in [5.41, 5.74) is 0.910. The fourth-order valence-electron chi connectivity index (χ4n) is 2.15. The number of nitrogens with two attached hydrogens (primary N) is 1. The summed E-state index contributed by atoms with van der Waals surface area (Å²) < 4.78 is 22.5. The number of nitrogens with one attached hydrogen (secondary N) is 2. The minimum atomic E-state index is -3.66. The number of hydrogen-bond donors (Lipinski definition) is 3. The van der Waals surface area contributed by atoms with Crippen LogP contribution < -0.4 is 15.8 Å². The van der Waals surface area contributed by atoms with Crippen LogP contribution >= 0.6 is 35.7 Å². The molecule has 0 aliphatic carbocycles. The molecule has 148 valence electrons. The first-order chi connectivity index (χ1) is 12.5. The summed E-state index contributed by atoms with van der Waals surface area (Å²) in [6.45, 7) is 4.01. The standard InChI is InChI=1S/C18H24N4O2S2.HI/c1-2-20-18(21-12-13-25-16-6-4-3-5-7-16)22-14-15-8-10-17(11-9-15)26(19,23)24;/h3-11H,2,12-14H2,1H3,(H2,19,23,24)(H2,20,21,22);1H. The van der Waals surface area contributed by atoms with Crippen LogP contribution in [0.2, 0.25) is 0 Å². The number of nitrogens with zero attached hydrogens (tertiary/aromatic N) is 1. The average molecular weight is 520 g/mol. The molecule has 2 aromatic carbocycles. The SMILES string of the molecule is CCNC(=NCc1ccc(S(N)(=O)=O)cc1)NCCSc1ccccc1.I. The fourth-order valence-corrected chi connectivity index (χ4v) is 3.46. The van der Waals surface area contributed by atoms with Gasteiger partial charge in [-0.25, -0.2) is 18.5 Å². The average Bonchev–Trinajstić information content (AvgIpc) is 2.63. The molecule has 0 saturated heterocycles. The topological polar surface area (TPSA) is 96.6 Å². The van der Waals surface area contributed by atoms with Crippen molar-refractivity contribution in [2.24, 2.45) is 10.1 Å². The number of primary sulfonamides is 1. The predicted octanol–water partition coefficient (Wildman–Crippen LogP) is 2.80. The Balaban J connectivity index is 0.00000364. The molecular weight excluding hydrogens is 495 g/mol. The number of sulfonamides is 1. The van der Waals surface area contributed by atoms with Crippen LogP contribution in [0, 0.1) is 0 Å². The van der Waals surface area contributed by atoms with E-state index in [2.05, 4.69) is 27.8 Å². The van der Waals surface area contributed by atoms with Crippen molar-refractivity contribution in [1.29, 1.82) is 0 Å². The molecule has 0 heterocycles. The zero-order valence-electron chi connectivity index (χ0n) is 15.1. The van der Waals surface area contributed by atoms with E-state index in [1.54, 1.807) is 23.9 Å². The molecule has 0 aliphatic heterocycles. The van der Waals surface area contributed by atoms with Crippen molar-refractivity contribution in [2.45, 2.75) is 23.3 Å². The summed E-state index contributed by atoms with van der Waals surface area (Å²) in [6.07, 6.45) is 0. The molecule has 0 bridgehead atoms. The van der Waals surface area contributed by atoms with E-state index in [9.17, 15) is 8.42 Å². The van der Waals surface area contributed by atoms with Crippen molar-refractivity contribution in [1.82, 2.24) is 10.6 Å². The Bertz CT molecular complexity index is 813. The van der Waals surface area contributed by atoms with Crippen LogP contribution in [-0.2, 0) is 16.6 Å². The van der Waals surface area contributed by atoms with Gasteiger partial charge in [0, 0.05) is 23.7 Å². The highest BCUT2D eigenvalue weighted by atomic mass is 127. The Hall–Kier alpha value is -1.30. The number of rotatable bonds is 8. The monoisotopic (exact) mass is 520 g/mol. The lowest BCUT2D eigenvalue weighted by Gasteiger charge is -2.11. The highest BCUT2D eigenvalue weighted by Gasteiger charge is 2.06. The van der Waals surface area contributed by atoms with Gasteiger partial charge in [0.1, 0.15) is 0 Å². The highest BCUT2D eigenvalue weighted by Crippen LogP contribution is 2.15. The van der Waals surface area contributed by atoms with E-state index >= 15 is 0 Å². The van der Waals surface area contributed by atoms with E-state index in [1.807, 2.05) is 25.1 Å². The third kappa shape index (κ3) is 8.96. The first-order valence-electron chi connectivity index (χ1n) is 8.31. The number of guanidine groups is 1. The number of thioether (sulfide) groups is 1. The number of hydrogen-bond acceptors (Lipinski definition) is 4. The Morgan fingerprint density at radius 2 is 1.74 bits per heavy atom. The first kappa shape index (κ1) is 23.7. The van der Waals surface area contributed by atoms with E-state index < -0.39 is 10.0 Å². The van der Waals surface area contributed by atoms with Gasteiger partial charge in [-0.15, -0.1) is 35.7 Å². The maximum atomic E-state index is 11.3. The zero-order chi connectivity index (χ0) is 18.8. The number of halogens is 1. The molecule has 6 nitrogen and oxygen atoms in total. The Labute approximate surface area is 182 Å². The molecule has 9 heteroatoms. The molecule has 27 heavy (non-hydrogen) atoms. The summed E-state index contributed by atoms with van der Waals surface area (Å²) in [7, 11) is -3.66. The first-order valence-corrected chi connectivity index (χ1v) is 10.8. The van der Waals surface area contributed by atoms with Crippen LogP contribution in [0.15, 0.2) is 69.4 Å². The number of aliphatic imine (C=N–C) groups is 1. The van der Waals surface area contributed by atoms with E-state index in [-0.39, 0.29) is 28.9 Å². The second-order valence-electron chi connectivity index (χ2n) is 5.47. The third-order valence-corrected chi connectivity index (χ3v) is 5.37. The van der Waals surface area contributed by atoms with E-state index in [0.29, 0.717) is 6.54 Å². The van der Waals surface area contributed by atoms with Gasteiger partial charge >= 0.3 is 0 Å². The van der Waals surface area contributed by atoms with Crippen molar-refractivity contribution < 1.29 is 8.42 Å². The second kappa shape index (κ2) is 12.2. The molecule has 0 aliphatic rings. The van der Waals surface area contributed by atoms with Gasteiger partial charge in [-0.2, -0.15) is 0 Å². The minimum absolute atomic E-state index is 0. The van der Waals surface area contributed by atoms with Crippen LogP contribution in [0.4, 0.5) is 0 Å². The molecule has 2 aromatic rings. The zero-order valence-corrected chi connectivity index (χ0v) is 19.1. The Kier molecular flexibility index (Phi) is 10.7. The summed E-state index contributed by atoms with van der Waals surface area (Å²) in [6, 6.07) is 16.7. The van der Waals surface area contributed by atoms with Crippen molar-refractivity contribution in [2.75, 3.05) is 18.8 Å². The maximum absolute atomic E-state index is 11.3. The molecule has 0 amide bonds. The Morgan fingerprint density at radius 3 is 2.33 bits per heavy atom. The maximum Gasteiger partial charge on any atom is 0.238 e. The van der Waals surface area contributed by atoms with Crippen molar-refractivity contribution in [3.63, 3.8) is 0 Å². The summed E-state index contributed by atoms with van der Waals surface area (Å²) in [5.74, 6) is 1.66. The smallest absolute Gasteiger partial charge is 0.238 e. The molecule has 0 atom stereocenters. The van der Waals surface area contributed by atoms with Crippen LogP contribution in [-0.4, -0.2) is 33.2 Å². The van der Waals surface area contributed by atoms with Crippen LogP contribution in [0.1, 0.15) is 12.5 Å². The predicted molar refractivity (Wildman–Crippen MR) is 123 cm³/mol. The van der Waals surface area contributed by atoms with Gasteiger partial charge in [0.2, 0.25) is 10.0 Å². The van der Waals surface area contributed by atoms with Gasteiger partial charge in [-0.3, -0.25) is 0 Å². The molecule has 0 fully saturated rings. The van der Waals surface area contributed by atoms with Crippen molar-refractivity contribution in [3.05, 3.63) is 60.2 Å². The lowest BCUT2D eigenvalue weighted by molar-refractivity contribution is 0.598. The van der Waals surface area contributed by atoms with Gasteiger partial charge in [0.05, 0.1) is 11.4 Å². The Morgan fingerprint density at radius 1 is 1.07 bits per heavy atom. The lowest BCUT2D eigenvalue weighted by atomic mass is 10.2. The molecule has 0 radical (unpaired) electrons. The third-order valence-electron chi connectivity index (χ3n) is 3.42. The molecule has 4 N–H and O–H groups in total. The molecule has 0 unspecified atom stereocenters. The largest absolute Gasteiger partial charge is 0.357 e. The summed E-state index contributed by atoms with van der Waals surface area (Å²) in [5, 5.41) is 11.6.